The standard InChI is InChI=1S/C24H29FN4O3S/c1-28(2)33(31,32)19-10-11-21-20(16-19)26-22(29(21)3)12-13-23(30)27-24(14-4-5-15-24)17-6-8-18(25)9-7-17/h6-11,16H,4-5,12-15H2,1-3H3,(H,27,30). The van der Waals surface area contributed by atoms with Gasteiger partial charge >= 0.3 is 0 Å². The molecule has 33 heavy (non-hydrogen) atoms. The Morgan fingerprint density at radius 1 is 1.15 bits per heavy atom. The van der Waals surface area contributed by atoms with Crippen LogP contribution in [0.1, 0.15) is 43.5 Å². The van der Waals surface area contributed by atoms with Crippen molar-refractivity contribution in [3.05, 3.63) is 59.7 Å². The van der Waals surface area contributed by atoms with E-state index in [9.17, 15) is 17.6 Å². The highest BCUT2D eigenvalue weighted by molar-refractivity contribution is 7.89. The SMILES string of the molecule is CN(C)S(=O)(=O)c1ccc2c(c1)nc(CCC(=O)NC1(c3ccc(F)cc3)CCCC1)n2C. The lowest BCUT2D eigenvalue weighted by Crippen LogP contribution is -2.44. The molecule has 0 atom stereocenters. The van der Waals surface area contributed by atoms with Crippen molar-refractivity contribution in [1.82, 2.24) is 19.2 Å². The van der Waals surface area contributed by atoms with Gasteiger partial charge < -0.3 is 9.88 Å². The lowest BCUT2D eigenvalue weighted by atomic mass is 9.88. The van der Waals surface area contributed by atoms with Gasteiger partial charge in [-0.2, -0.15) is 0 Å². The molecule has 4 rings (SSSR count). The third kappa shape index (κ3) is 4.52. The predicted octanol–water partition coefficient (Wildman–Crippen LogP) is 3.48. The number of carbonyl (C=O) groups is 1. The van der Waals surface area contributed by atoms with Crippen molar-refractivity contribution in [2.75, 3.05) is 14.1 Å². The molecule has 0 saturated heterocycles. The van der Waals surface area contributed by atoms with Crippen LogP contribution in [-0.2, 0) is 33.8 Å². The number of nitrogens with zero attached hydrogens (tertiary/aromatic N) is 3. The molecule has 1 aliphatic carbocycles. The second-order valence-corrected chi connectivity index (χ2v) is 11.0. The molecule has 0 bridgehead atoms. The molecule has 0 spiro atoms. The maximum Gasteiger partial charge on any atom is 0.242 e. The van der Waals surface area contributed by atoms with Gasteiger partial charge in [0.25, 0.3) is 0 Å². The highest BCUT2D eigenvalue weighted by Crippen LogP contribution is 2.39. The molecule has 0 unspecified atom stereocenters. The van der Waals surface area contributed by atoms with Crippen molar-refractivity contribution in [3.8, 4) is 0 Å². The number of aryl methyl sites for hydroxylation is 2. The fraction of sp³-hybridized carbons (Fsp3) is 0.417. The zero-order chi connectivity index (χ0) is 23.8. The molecule has 7 nitrogen and oxygen atoms in total. The normalized spacial score (nSPS) is 15.9. The Morgan fingerprint density at radius 3 is 2.45 bits per heavy atom. The maximum absolute atomic E-state index is 13.4. The Bertz CT molecular complexity index is 1280. The number of carbonyl (C=O) groups excluding carboxylic acids is 1. The number of benzene rings is 2. The van der Waals surface area contributed by atoms with Gasteiger partial charge in [-0.25, -0.2) is 22.1 Å². The topological polar surface area (TPSA) is 84.3 Å². The number of halogens is 1. The molecule has 176 valence electrons. The summed E-state index contributed by atoms with van der Waals surface area (Å²) in [6.07, 6.45) is 4.37. The monoisotopic (exact) mass is 472 g/mol. The quantitative estimate of drug-likeness (QED) is 0.571. The second kappa shape index (κ2) is 8.87. The first-order chi connectivity index (χ1) is 15.6. The smallest absolute Gasteiger partial charge is 0.242 e. The molecule has 1 aliphatic rings. The minimum atomic E-state index is -3.55. The molecule has 2 aromatic carbocycles. The van der Waals surface area contributed by atoms with Gasteiger partial charge in [-0.15, -0.1) is 0 Å². The summed E-state index contributed by atoms with van der Waals surface area (Å²) >= 11 is 0. The summed E-state index contributed by atoms with van der Waals surface area (Å²) in [4.78, 5) is 17.7. The van der Waals surface area contributed by atoms with Gasteiger partial charge in [-0.1, -0.05) is 25.0 Å². The number of imidazole rings is 1. The van der Waals surface area contributed by atoms with E-state index in [2.05, 4.69) is 10.3 Å². The summed E-state index contributed by atoms with van der Waals surface area (Å²) in [5.41, 5.74) is 1.87. The molecule has 9 heteroatoms. The number of aromatic nitrogens is 2. The summed E-state index contributed by atoms with van der Waals surface area (Å²) in [7, 11) is 1.29. The van der Waals surface area contributed by atoms with Crippen molar-refractivity contribution in [3.63, 3.8) is 0 Å². The Hall–Kier alpha value is -2.78. The number of hydrogen-bond donors (Lipinski definition) is 1. The largest absolute Gasteiger partial charge is 0.347 e. The van der Waals surface area contributed by atoms with Gasteiger partial charge in [0.1, 0.15) is 11.6 Å². The van der Waals surface area contributed by atoms with Crippen LogP contribution in [0, 0.1) is 5.82 Å². The van der Waals surface area contributed by atoms with E-state index in [4.69, 9.17) is 0 Å². The fourth-order valence-electron chi connectivity index (χ4n) is 4.61. The van der Waals surface area contributed by atoms with Crippen LogP contribution < -0.4 is 5.32 Å². The third-order valence-corrected chi connectivity index (χ3v) is 8.34. The first-order valence-corrected chi connectivity index (χ1v) is 12.5. The minimum Gasteiger partial charge on any atom is -0.347 e. The van der Waals surface area contributed by atoms with Crippen LogP contribution in [0.2, 0.25) is 0 Å². The van der Waals surface area contributed by atoms with Crippen molar-refractivity contribution < 1.29 is 17.6 Å². The van der Waals surface area contributed by atoms with E-state index >= 15 is 0 Å². The Balaban J connectivity index is 1.50. The number of hydrogen-bond acceptors (Lipinski definition) is 4. The van der Waals surface area contributed by atoms with Crippen molar-refractivity contribution in [2.45, 2.75) is 49.0 Å². The van der Waals surface area contributed by atoms with Crippen LogP contribution in [-0.4, -0.2) is 42.3 Å². The lowest BCUT2D eigenvalue weighted by Gasteiger charge is -2.31. The maximum atomic E-state index is 13.4. The van der Waals surface area contributed by atoms with Crippen LogP contribution in [0.15, 0.2) is 47.4 Å². The highest BCUT2D eigenvalue weighted by Gasteiger charge is 2.36. The summed E-state index contributed by atoms with van der Waals surface area (Å²) in [5, 5.41) is 3.21. The van der Waals surface area contributed by atoms with E-state index in [0.29, 0.717) is 17.8 Å². The number of amides is 1. The van der Waals surface area contributed by atoms with Gasteiger partial charge in [0, 0.05) is 34.0 Å². The molecule has 1 amide bonds. The number of nitrogens with one attached hydrogen (secondary N) is 1. The van der Waals surface area contributed by atoms with E-state index < -0.39 is 15.6 Å². The van der Waals surface area contributed by atoms with Crippen LogP contribution >= 0.6 is 0 Å². The van der Waals surface area contributed by atoms with Gasteiger partial charge in [-0.3, -0.25) is 4.79 Å². The molecular formula is C24H29FN4O3S. The fourth-order valence-corrected chi connectivity index (χ4v) is 5.53. The highest BCUT2D eigenvalue weighted by atomic mass is 32.2. The summed E-state index contributed by atoms with van der Waals surface area (Å²) in [6, 6.07) is 11.3. The summed E-state index contributed by atoms with van der Waals surface area (Å²) < 4.78 is 41.3. The van der Waals surface area contributed by atoms with Gasteiger partial charge in [0.15, 0.2) is 0 Å². The molecular weight excluding hydrogens is 443 g/mol. The van der Waals surface area contributed by atoms with Crippen molar-refractivity contribution >= 4 is 27.0 Å². The van der Waals surface area contributed by atoms with E-state index in [1.54, 1.807) is 30.3 Å². The lowest BCUT2D eigenvalue weighted by molar-refractivity contribution is -0.123. The van der Waals surface area contributed by atoms with Crippen LogP contribution in [0.3, 0.4) is 0 Å². The van der Waals surface area contributed by atoms with E-state index in [1.165, 1.54) is 30.5 Å². The molecule has 1 saturated carbocycles. The number of fused-ring (bicyclic) bond motifs is 1. The molecule has 1 fully saturated rings. The number of rotatable bonds is 7. The average molecular weight is 473 g/mol. The first-order valence-electron chi connectivity index (χ1n) is 11.1. The molecule has 1 N–H and O–H groups in total. The minimum absolute atomic E-state index is 0.0795. The Labute approximate surface area is 193 Å². The van der Waals surface area contributed by atoms with E-state index in [1.807, 2.05) is 11.6 Å². The molecule has 1 heterocycles. The van der Waals surface area contributed by atoms with Gasteiger partial charge in [0.05, 0.1) is 21.5 Å². The van der Waals surface area contributed by atoms with Crippen LogP contribution in [0.4, 0.5) is 4.39 Å². The third-order valence-electron chi connectivity index (χ3n) is 6.53. The van der Waals surface area contributed by atoms with Gasteiger partial charge in [-0.05, 0) is 48.7 Å². The second-order valence-electron chi connectivity index (χ2n) is 8.87. The van der Waals surface area contributed by atoms with E-state index in [0.717, 1.165) is 36.8 Å². The summed E-state index contributed by atoms with van der Waals surface area (Å²) in [6.45, 7) is 0. The zero-order valence-electron chi connectivity index (χ0n) is 19.1. The Kier molecular flexibility index (Phi) is 6.28. The Morgan fingerprint density at radius 2 is 1.82 bits per heavy atom. The zero-order valence-corrected chi connectivity index (χ0v) is 20.0. The number of sulfonamides is 1. The first kappa shape index (κ1) is 23.4. The van der Waals surface area contributed by atoms with Crippen LogP contribution in [0.5, 0.6) is 0 Å². The molecule has 0 aliphatic heterocycles. The molecule has 1 aromatic heterocycles. The summed E-state index contributed by atoms with van der Waals surface area (Å²) in [5.74, 6) is 0.340. The van der Waals surface area contributed by atoms with Crippen molar-refractivity contribution in [1.29, 1.82) is 0 Å². The van der Waals surface area contributed by atoms with E-state index in [-0.39, 0.29) is 23.0 Å². The van der Waals surface area contributed by atoms with Crippen molar-refractivity contribution in [2.24, 2.45) is 7.05 Å². The van der Waals surface area contributed by atoms with Crippen LogP contribution in [0.25, 0.3) is 11.0 Å². The van der Waals surface area contributed by atoms with Gasteiger partial charge in [0.2, 0.25) is 15.9 Å². The predicted molar refractivity (Wildman–Crippen MR) is 125 cm³/mol. The average Bonchev–Trinajstić information content (AvgIpc) is 3.37. The molecule has 0 radical (unpaired) electrons. The molecule has 3 aromatic rings.